The van der Waals surface area contributed by atoms with Gasteiger partial charge in [-0.2, -0.15) is 0 Å². The van der Waals surface area contributed by atoms with Crippen molar-refractivity contribution in [3.63, 3.8) is 0 Å². The van der Waals surface area contributed by atoms with E-state index in [1.165, 1.54) is 0 Å². The number of hydrogen-bond donors (Lipinski definition) is 0. The lowest BCUT2D eigenvalue weighted by Crippen LogP contribution is -2.49. The molecule has 0 radical (unpaired) electrons. The summed E-state index contributed by atoms with van der Waals surface area (Å²) in [6.45, 7) is 4.33. The molecule has 24 heavy (non-hydrogen) atoms. The molecule has 6 heteroatoms. The van der Waals surface area contributed by atoms with Gasteiger partial charge in [-0.25, -0.2) is 9.97 Å². The Kier molecular flexibility index (Phi) is 3.24. The highest BCUT2D eigenvalue weighted by molar-refractivity contribution is 6.42. The van der Waals surface area contributed by atoms with Crippen molar-refractivity contribution < 1.29 is 4.79 Å². The van der Waals surface area contributed by atoms with Gasteiger partial charge in [0.2, 0.25) is 5.91 Å². The number of likely N-dealkylation sites (N-methyl/N-ethyl adjacent to an activating group) is 1. The Bertz CT molecular complexity index is 893. The van der Waals surface area contributed by atoms with Crippen molar-refractivity contribution in [2.75, 3.05) is 14.1 Å². The number of rotatable bonds is 1. The van der Waals surface area contributed by atoms with Gasteiger partial charge in [0.05, 0.1) is 37.9 Å². The zero-order chi connectivity index (χ0) is 17.4. The Morgan fingerprint density at radius 2 is 1.75 bits per heavy atom. The number of fused-ring (bicyclic) bond motifs is 6. The van der Waals surface area contributed by atoms with Crippen molar-refractivity contribution in [3.8, 4) is 0 Å². The van der Waals surface area contributed by atoms with Crippen LogP contribution >= 0.6 is 23.2 Å². The zero-order valence-corrected chi connectivity index (χ0v) is 15.7. The molecule has 1 heterocycles. The van der Waals surface area contributed by atoms with Gasteiger partial charge in [-0.1, -0.05) is 37.0 Å². The molecule has 0 aliphatic heterocycles. The maximum Gasteiger partial charge on any atom is 0.234 e. The van der Waals surface area contributed by atoms with E-state index < -0.39 is 5.41 Å². The van der Waals surface area contributed by atoms with E-state index in [0.29, 0.717) is 15.6 Å². The van der Waals surface area contributed by atoms with Gasteiger partial charge in [0.15, 0.2) is 0 Å². The SMILES string of the molecule is CN(C)C(=O)C12CCC(c3nc4cc(Cl)c(Cl)cc4nc31)C2(C)C. The predicted octanol–water partition coefficient (Wildman–Crippen LogP) is 4.18. The molecule has 4 nitrogen and oxygen atoms in total. The van der Waals surface area contributed by atoms with Crippen LogP contribution in [0.25, 0.3) is 11.0 Å². The van der Waals surface area contributed by atoms with Gasteiger partial charge in [0.1, 0.15) is 0 Å². The quantitative estimate of drug-likeness (QED) is 0.763. The van der Waals surface area contributed by atoms with Crippen LogP contribution < -0.4 is 0 Å². The van der Waals surface area contributed by atoms with Crippen LogP contribution in [0, 0.1) is 5.41 Å². The number of carbonyl (C=O) groups is 1. The highest BCUT2D eigenvalue weighted by atomic mass is 35.5. The molecule has 2 aliphatic carbocycles. The average Bonchev–Trinajstić information content (AvgIpc) is 2.88. The summed E-state index contributed by atoms with van der Waals surface area (Å²) in [5.41, 5.74) is 2.39. The lowest BCUT2D eigenvalue weighted by molar-refractivity contribution is -0.138. The lowest BCUT2D eigenvalue weighted by Gasteiger charge is -2.38. The molecule has 0 spiro atoms. The summed E-state index contributed by atoms with van der Waals surface area (Å²) < 4.78 is 0. The van der Waals surface area contributed by atoms with Gasteiger partial charge in [0.25, 0.3) is 0 Å². The van der Waals surface area contributed by atoms with E-state index in [1.54, 1.807) is 17.0 Å². The van der Waals surface area contributed by atoms with Crippen LogP contribution in [0.2, 0.25) is 10.0 Å². The molecule has 0 N–H and O–H groups in total. The standard InChI is InChI=1S/C18H19Cl2N3O/c1-17(2)9-5-6-18(17,16(24)23(3)4)15-14(9)21-12-7-10(19)11(20)8-13(12)22-15/h7-9H,5-6H2,1-4H3. The summed E-state index contributed by atoms with van der Waals surface area (Å²) in [6.07, 6.45) is 1.78. The second-order valence-corrected chi connectivity index (χ2v) is 8.44. The molecule has 2 aliphatic rings. The first-order chi connectivity index (χ1) is 11.2. The first-order valence-corrected chi connectivity index (χ1v) is 8.84. The van der Waals surface area contributed by atoms with Crippen LogP contribution in [-0.4, -0.2) is 34.9 Å². The van der Waals surface area contributed by atoms with Crippen molar-refractivity contribution in [1.29, 1.82) is 0 Å². The molecule has 1 saturated carbocycles. The summed E-state index contributed by atoms with van der Waals surface area (Å²) in [7, 11) is 3.62. The molecule has 1 aromatic heterocycles. The smallest absolute Gasteiger partial charge is 0.234 e. The fourth-order valence-electron chi connectivity index (χ4n) is 4.73. The molecular weight excluding hydrogens is 345 g/mol. The molecular formula is C18H19Cl2N3O. The van der Waals surface area contributed by atoms with Crippen molar-refractivity contribution >= 4 is 40.1 Å². The van der Waals surface area contributed by atoms with E-state index in [1.807, 2.05) is 14.1 Å². The third kappa shape index (κ3) is 1.73. The van der Waals surface area contributed by atoms with Gasteiger partial charge >= 0.3 is 0 Å². The summed E-state index contributed by atoms with van der Waals surface area (Å²) in [5.74, 6) is 0.352. The molecule has 126 valence electrons. The maximum absolute atomic E-state index is 13.2. The van der Waals surface area contributed by atoms with Gasteiger partial charge in [-0.3, -0.25) is 4.79 Å². The number of carbonyl (C=O) groups excluding carboxylic acids is 1. The van der Waals surface area contributed by atoms with E-state index in [0.717, 1.165) is 29.7 Å². The highest BCUT2D eigenvalue weighted by Crippen LogP contribution is 2.67. The molecule has 2 unspecified atom stereocenters. The molecule has 4 rings (SSSR count). The van der Waals surface area contributed by atoms with Crippen molar-refractivity contribution in [3.05, 3.63) is 33.6 Å². The minimum absolute atomic E-state index is 0.113. The molecule has 2 aromatic rings. The van der Waals surface area contributed by atoms with E-state index in [-0.39, 0.29) is 17.2 Å². The second-order valence-electron chi connectivity index (χ2n) is 7.63. The Morgan fingerprint density at radius 3 is 2.33 bits per heavy atom. The molecule has 1 amide bonds. The van der Waals surface area contributed by atoms with Gasteiger partial charge in [-0.05, 0) is 30.4 Å². The largest absolute Gasteiger partial charge is 0.348 e. The number of aromatic nitrogens is 2. The Labute approximate surface area is 151 Å². The third-order valence-electron chi connectivity index (χ3n) is 6.02. The van der Waals surface area contributed by atoms with Crippen molar-refractivity contribution in [1.82, 2.24) is 14.9 Å². The fraction of sp³-hybridized carbons (Fsp3) is 0.500. The number of benzene rings is 1. The first kappa shape index (κ1) is 16.1. The summed E-state index contributed by atoms with van der Waals surface area (Å²) in [6, 6.07) is 3.49. The van der Waals surface area contributed by atoms with Gasteiger partial charge in [-0.15, -0.1) is 0 Å². The molecule has 2 atom stereocenters. The van der Waals surface area contributed by atoms with Gasteiger partial charge < -0.3 is 4.90 Å². The molecule has 2 bridgehead atoms. The third-order valence-corrected chi connectivity index (χ3v) is 6.74. The van der Waals surface area contributed by atoms with Crippen LogP contribution in [0.3, 0.4) is 0 Å². The molecule has 0 saturated heterocycles. The van der Waals surface area contributed by atoms with Gasteiger partial charge in [0, 0.05) is 20.0 Å². The molecule has 1 aromatic carbocycles. The van der Waals surface area contributed by atoms with Crippen LogP contribution in [0.5, 0.6) is 0 Å². The summed E-state index contributed by atoms with van der Waals surface area (Å²) in [5, 5.41) is 0.925. The normalized spacial score (nSPS) is 26.7. The van der Waals surface area contributed by atoms with E-state index in [4.69, 9.17) is 33.2 Å². The highest BCUT2D eigenvalue weighted by Gasteiger charge is 2.68. The summed E-state index contributed by atoms with van der Waals surface area (Å²) in [4.78, 5) is 24.6. The van der Waals surface area contributed by atoms with E-state index in [2.05, 4.69) is 13.8 Å². The van der Waals surface area contributed by atoms with Crippen LogP contribution in [0.4, 0.5) is 0 Å². The first-order valence-electron chi connectivity index (χ1n) is 8.09. The van der Waals surface area contributed by atoms with Crippen molar-refractivity contribution in [2.45, 2.75) is 38.0 Å². The minimum Gasteiger partial charge on any atom is -0.348 e. The Hall–Kier alpha value is -1.39. The topological polar surface area (TPSA) is 46.1 Å². The Balaban J connectivity index is 2.04. The van der Waals surface area contributed by atoms with E-state index >= 15 is 0 Å². The number of amides is 1. The zero-order valence-electron chi connectivity index (χ0n) is 14.2. The van der Waals surface area contributed by atoms with E-state index in [9.17, 15) is 4.79 Å². The second kappa shape index (κ2) is 4.83. The van der Waals surface area contributed by atoms with Crippen molar-refractivity contribution in [2.24, 2.45) is 5.41 Å². The maximum atomic E-state index is 13.2. The Morgan fingerprint density at radius 1 is 1.17 bits per heavy atom. The fourth-order valence-corrected chi connectivity index (χ4v) is 5.05. The number of hydrogen-bond acceptors (Lipinski definition) is 3. The molecule has 1 fully saturated rings. The predicted molar refractivity (Wildman–Crippen MR) is 95.7 cm³/mol. The van der Waals surface area contributed by atoms with Crippen LogP contribution in [0.1, 0.15) is 44.0 Å². The lowest BCUT2D eigenvalue weighted by atomic mass is 9.67. The number of halogens is 2. The van der Waals surface area contributed by atoms with Crippen LogP contribution in [0.15, 0.2) is 12.1 Å². The average molecular weight is 364 g/mol. The van der Waals surface area contributed by atoms with Crippen LogP contribution in [-0.2, 0) is 10.2 Å². The number of nitrogens with zero attached hydrogens (tertiary/aromatic N) is 3. The minimum atomic E-state index is -0.607. The summed E-state index contributed by atoms with van der Waals surface area (Å²) >= 11 is 12.3. The monoisotopic (exact) mass is 363 g/mol.